The van der Waals surface area contributed by atoms with Crippen molar-refractivity contribution in [1.82, 2.24) is 15.5 Å². The van der Waals surface area contributed by atoms with E-state index in [4.69, 9.17) is 9.63 Å². The zero-order valence-electron chi connectivity index (χ0n) is 14.0. The second kappa shape index (κ2) is 7.85. The van der Waals surface area contributed by atoms with Crippen molar-refractivity contribution in [3.8, 4) is 0 Å². The molecule has 0 amide bonds. The van der Waals surface area contributed by atoms with Gasteiger partial charge in [-0.3, -0.25) is 0 Å². The summed E-state index contributed by atoms with van der Waals surface area (Å²) in [5.41, 5.74) is 1.34. The molecule has 1 aliphatic carbocycles. The molecule has 0 spiro atoms. The normalized spacial score (nSPS) is 21.1. The summed E-state index contributed by atoms with van der Waals surface area (Å²) < 4.78 is 18.8. The van der Waals surface area contributed by atoms with Gasteiger partial charge in [0.2, 0.25) is 5.89 Å². The maximum Gasteiger partial charge on any atom is 0.229 e. The van der Waals surface area contributed by atoms with Crippen LogP contribution < -0.4 is 5.32 Å². The summed E-state index contributed by atoms with van der Waals surface area (Å²) in [5, 5.41) is 16.6. The number of aliphatic hydroxyl groups excluding tert-OH is 1. The Morgan fingerprint density at radius 2 is 2.08 bits per heavy atom. The average molecular weight is 333 g/mol. The molecule has 5 nitrogen and oxygen atoms in total. The number of halogens is 1. The fraction of sp³-hybridized carbons (Fsp3) is 0.556. The maximum absolute atomic E-state index is 13.4. The highest BCUT2D eigenvalue weighted by Crippen LogP contribution is 2.32. The molecule has 1 aromatic carbocycles. The molecule has 6 heteroatoms. The van der Waals surface area contributed by atoms with Crippen molar-refractivity contribution in [1.29, 1.82) is 0 Å². The summed E-state index contributed by atoms with van der Waals surface area (Å²) >= 11 is 0. The second-order valence-corrected chi connectivity index (χ2v) is 6.42. The molecule has 1 aromatic heterocycles. The summed E-state index contributed by atoms with van der Waals surface area (Å²) in [6, 6.07) is 5.34. The molecule has 0 bridgehead atoms. The number of rotatable bonds is 6. The molecule has 1 heterocycles. The highest BCUT2D eigenvalue weighted by molar-refractivity contribution is 5.24. The number of aryl methyl sites for hydroxylation is 1. The van der Waals surface area contributed by atoms with Crippen LogP contribution in [-0.4, -0.2) is 21.3 Å². The third-order valence-electron chi connectivity index (χ3n) is 4.75. The first-order chi connectivity index (χ1) is 11.7. The van der Waals surface area contributed by atoms with E-state index in [1.165, 1.54) is 6.07 Å². The van der Waals surface area contributed by atoms with Gasteiger partial charge in [0.05, 0.1) is 6.61 Å². The van der Waals surface area contributed by atoms with E-state index >= 15 is 0 Å². The van der Waals surface area contributed by atoms with E-state index in [0.717, 1.165) is 49.4 Å². The molecule has 130 valence electrons. The minimum atomic E-state index is -0.354. The predicted octanol–water partition coefficient (Wildman–Crippen LogP) is 3.08. The minimum absolute atomic E-state index is 0.269. The van der Waals surface area contributed by atoms with E-state index in [-0.39, 0.29) is 12.4 Å². The van der Waals surface area contributed by atoms with Gasteiger partial charge in [0.25, 0.3) is 0 Å². The molecule has 0 saturated heterocycles. The number of hydrogen-bond donors (Lipinski definition) is 2. The molecule has 0 atom stereocenters. The monoisotopic (exact) mass is 333 g/mol. The Bertz CT molecular complexity index is 666. The van der Waals surface area contributed by atoms with Crippen LogP contribution in [0.3, 0.4) is 0 Å². The lowest BCUT2D eigenvalue weighted by Crippen LogP contribution is -2.32. The van der Waals surface area contributed by atoms with Crippen molar-refractivity contribution < 1.29 is 14.0 Å². The van der Waals surface area contributed by atoms with Crippen molar-refractivity contribution in [3.63, 3.8) is 0 Å². The highest BCUT2D eigenvalue weighted by atomic mass is 19.1. The van der Waals surface area contributed by atoms with Gasteiger partial charge < -0.3 is 14.9 Å². The van der Waals surface area contributed by atoms with Crippen molar-refractivity contribution in [3.05, 3.63) is 46.9 Å². The summed E-state index contributed by atoms with van der Waals surface area (Å²) in [5.74, 6) is 1.56. The smallest absolute Gasteiger partial charge is 0.229 e. The van der Waals surface area contributed by atoms with Crippen molar-refractivity contribution in [2.75, 3.05) is 0 Å². The summed E-state index contributed by atoms with van der Waals surface area (Å²) in [7, 11) is 0. The molecule has 1 saturated carbocycles. The Morgan fingerprint density at radius 3 is 2.75 bits per heavy atom. The van der Waals surface area contributed by atoms with E-state index in [0.29, 0.717) is 24.1 Å². The molecule has 2 N–H and O–H groups in total. The van der Waals surface area contributed by atoms with Gasteiger partial charge in [0.1, 0.15) is 5.82 Å². The van der Waals surface area contributed by atoms with Crippen molar-refractivity contribution >= 4 is 0 Å². The summed E-state index contributed by atoms with van der Waals surface area (Å²) in [4.78, 5) is 4.44. The lowest BCUT2D eigenvalue weighted by Gasteiger charge is -2.27. The number of aromatic nitrogens is 2. The number of benzene rings is 1. The second-order valence-electron chi connectivity index (χ2n) is 6.42. The Balaban J connectivity index is 1.48. The lowest BCUT2D eigenvalue weighted by atomic mass is 9.86. The SMILES string of the molecule is CCc1noc(C2CCC(NCc3ccc(F)c(CO)c3)CC2)n1. The molecule has 24 heavy (non-hydrogen) atoms. The number of hydrogen-bond acceptors (Lipinski definition) is 5. The third-order valence-corrected chi connectivity index (χ3v) is 4.75. The van der Waals surface area contributed by atoms with Gasteiger partial charge in [-0.05, 0) is 43.4 Å². The van der Waals surface area contributed by atoms with Crippen LogP contribution in [0.15, 0.2) is 22.7 Å². The van der Waals surface area contributed by atoms with E-state index in [9.17, 15) is 4.39 Å². The lowest BCUT2D eigenvalue weighted by molar-refractivity contribution is 0.275. The molecular weight excluding hydrogens is 309 g/mol. The van der Waals surface area contributed by atoms with Crippen LogP contribution in [0.5, 0.6) is 0 Å². The first kappa shape index (κ1) is 17.0. The predicted molar refractivity (Wildman–Crippen MR) is 87.8 cm³/mol. The van der Waals surface area contributed by atoms with Crippen molar-refractivity contribution in [2.45, 2.75) is 64.1 Å². The van der Waals surface area contributed by atoms with Gasteiger partial charge in [0.15, 0.2) is 5.82 Å². The van der Waals surface area contributed by atoms with Gasteiger partial charge >= 0.3 is 0 Å². The van der Waals surface area contributed by atoms with Crippen LogP contribution in [0.1, 0.15) is 61.4 Å². The van der Waals surface area contributed by atoms with E-state index in [2.05, 4.69) is 15.5 Å². The van der Waals surface area contributed by atoms with Crippen LogP contribution in [0, 0.1) is 5.82 Å². The van der Waals surface area contributed by atoms with Crippen LogP contribution in [0.4, 0.5) is 4.39 Å². The molecule has 0 aliphatic heterocycles. The van der Waals surface area contributed by atoms with Gasteiger partial charge in [-0.2, -0.15) is 4.98 Å². The van der Waals surface area contributed by atoms with Crippen LogP contribution in [-0.2, 0) is 19.6 Å². The number of aliphatic hydroxyl groups is 1. The maximum atomic E-state index is 13.4. The Kier molecular flexibility index (Phi) is 5.58. The molecule has 0 radical (unpaired) electrons. The van der Waals surface area contributed by atoms with Crippen LogP contribution in [0.2, 0.25) is 0 Å². The van der Waals surface area contributed by atoms with Crippen molar-refractivity contribution in [2.24, 2.45) is 0 Å². The topological polar surface area (TPSA) is 71.2 Å². The molecule has 1 aliphatic rings. The minimum Gasteiger partial charge on any atom is -0.392 e. The Morgan fingerprint density at radius 1 is 1.29 bits per heavy atom. The summed E-state index contributed by atoms with van der Waals surface area (Å²) in [6.07, 6.45) is 4.99. The van der Waals surface area contributed by atoms with Gasteiger partial charge in [-0.1, -0.05) is 18.1 Å². The first-order valence-corrected chi connectivity index (χ1v) is 8.63. The molecule has 0 unspecified atom stereocenters. The average Bonchev–Trinajstić information content (AvgIpc) is 3.10. The number of nitrogens with one attached hydrogen (secondary N) is 1. The molecule has 2 aromatic rings. The van der Waals surface area contributed by atoms with Crippen LogP contribution in [0.25, 0.3) is 0 Å². The zero-order chi connectivity index (χ0) is 16.9. The Hall–Kier alpha value is -1.79. The summed E-state index contributed by atoms with van der Waals surface area (Å²) in [6.45, 7) is 2.44. The van der Waals surface area contributed by atoms with Gasteiger partial charge in [-0.15, -0.1) is 0 Å². The van der Waals surface area contributed by atoms with E-state index in [1.807, 2.05) is 6.92 Å². The van der Waals surface area contributed by atoms with Gasteiger partial charge in [0, 0.05) is 30.5 Å². The van der Waals surface area contributed by atoms with E-state index < -0.39 is 0 Å². The highest BCUT2D eigenvalue weighted by Gasteiger charge is 2.26. The first-order valence-electron chi connectivity index (χ1n) is 8.63. The Labute approximate surface area is 141 Å². The molecular formula is C18H24FN3O2. The molecule has 3 rings (SSSR count). The standard InChI is InChI=1S/C18H24FN3O2/c1-2-17-21-18(24-22-17)13-4-6-15(7-5-13)20-10-12-3-8-16(19)14(9-12)11-23/h3,8-9,13,15,20,23H,2,4-7,10-11H2,1H3. The third kappa shape index (κ3) is 3.99. The fourth-order valence-corrected chi connectivity index (χ4v) is 3.24. The van der Waals surface area contributed by atoms with Crippen LogP contribution >= 0.6 is 0 Å². The zero-order valence-corrected chi connectivity index (χ0v) is 14.0. The molecule has 1 fully saturated rings. The number of nitrogens with zero attached hydrogens (tertiary/aromatic N) is 2. The largest absolute Gasteiger partial charge is 0.392 e. The van der Waals surface area contributed by atoms with Gasteiger partial charge in [-0.25, -0.2) is 4.39 Å². The quantitative estimate of drug-likeness (QED) is 0.850. The fourth-order valence-electron chi connectivity index (χ4n) is 3.24. The van der Waals surface area contributed by atoms with E-state index in [1.54, 1.807) is 12.1 Å².